The summed E-state index contributed by atoms with van der Waals surface area (Å²) in [5.41, 5.74) is 5.75. The maximum atomic E-state index is 11.8. The Labute approximate surface area is 118 Å². The van der Waals surface area contributed by atoms with E-state index in [9.17, 15) is 4.79 Å². The molecular formula is C15H32N2O2. The van der Waals surface area contributed by atoms with E-state index in [4.69, 9.17) is 10.8 Å². The van der Waals surface area contributed by atoms with Gasteiger partial charge >= 0.3 is 0 Å². The summed E-state index contributed by atoms with van der Waals surface area (Å²) in [4.78, 5) is 11.8. The van der Waals surface area contributed by atoms with Gasteiger partial charge in [0.05, 0.1) is 0 Å². The molecule has 0 heterocycles. The second kappa shape index (κ2) is 8.54. The highest BCUT2D eigenvalue weighted by Crippen LogP contribution is 2.26. The third-order valence-corrected chi connectivity index (χ3v) is 3.63. The number of amides is 1. The van der Waals surface area contributed by atoms with Crippen molar-refractivity contribution in [3.63, 3.8) is 0 Å². The summed E-state index contributed by atoms with van der Waals surface area (Å²) in [7, 11) is 0. The van der Waals surface area contributed by atoms with E-state index in [-0.39, 0.29) is 23.3 Å². The van der Waals surface area contributed by atoms with E-state index in [1.165, 1.54) is 0 Å². The van der Waals surface area contributed by atoms with Crippen molar-refractivity contribution in [1.82, 2.24) is 5.32 Å². The zero-order valence-corrected chi connectivity index (χ0v) is 13.1. The molecule has 0 aromatic carbocycles. The van der Waals surface area contributed by atoms with E-state index in [0.29, 0.717) is 19.5 Å². The lowest BCUT2D eigenvalue weighted by atomic mass is 9.84. The second-order valence-corrected chi connectivity index (χ2v) is 6.97. The highest BCUT2D eigenvalue weighted by Gasteiger charge is 2.21. The van der Waals surface area contributed by atoms with Crippen LogP contribution in [-0.4, -0.2) is 30.7 Å². The average Bonchev–Trinajstić information content (AvgIpc) is 2.32. The highest BCUT2D eigenvalue weighted by atomic mass is 16.2. The third kappa shape index (κ3) is 9.91. The molecule has 1 amide bonds. The van der Waals surface area contributed by atoms with E-state index in [1.54, 1.807) is 0 Å². The molecule has 19 heavy (non-hydrogen) atoms. The van der Waals surface area contributed by atoms with Gasteiger partial charge in [0, 0.05) is 19.6 Å². The first-order valence-electron chi connectivity index (χ1n) is 7.30. The fourth-order valence-corrected chi connectivity index (χ4v) is 2.04. The first-order chi connectivity index (χ1) is 8.72. The minimum absolute atomic E-state index is 0.0468. The van der Waals surface area contributed by atoms with Gasteiger partial charge in [0.25, 0.3) is 0 Å². The van der Waals surface area contributed by atoms with E-state index < -0.39 is 0 Å². The van der Waals surface area contributed by atoms with Crippen molar-refractivity contribution in [2.24, 2.45) is 16.6 Å². The maximum Gasteiger partial charge on any atom is 0.220 e. The van der Waals surface area contributed by atoms with Crippen molar-refractivity contribution in [3.05, 3.63) is 0 Å². The van der Waals surface area contributed by atoms with E-state index in [0.717, 1.165) is 25.7 Å². The number of aliphatic hydroxyl groups excluding tert-OH is 1. The molecule has 0 rings (SSSR count). The Morgan fingerprint density at radius 2 is 1.74 bits per heavy atom. The van der Waals surface area contributed by atoms with Gasteiger partial charge in [-0.1, -0.05) is 27.7 Å². The summed E-state index contributed by atoms with van der Waals surface area (Å²) in [5.74, 6) is 0.113. The average molecular weight is 272 g/mol. The van der Waals surface area contributed by atoms with Crippen LogP contribution in [0.3, 0.4) is 0 Å². The number of carbonyl (C=O) groups excluding carboxylic acids is 1. The Hall–Kier alpha value is -0.610. The summed E-state index contributed by atoms with van der Waals surface area (Å²) in [6, 6.07) is 0. The molecule has 0 saturated carbocycles. The number of rotatable bonds is 10. The van der Waals surface area contributed by atoms with Crippen molar-refractivity contribution in [2.45, 2.75) is 59.8 Å². The van der Waals surface area contributed by atoms with Gasteiger partial charge in [0.1, 0.15) is 0 Å². The molecule has 0 aliphatic carbocycles. The molecule has 0 atom stereocenters. The Morgan fingerprint density at radius 1 is 1.11 bits per heavy atom. The Bertz CT molecular complexity index is 263. The van der Waals surface area contributed by atoms with Crippen LogP contribution in [0.4, 0.5) is 0 Å². The zero-order chi connectivity index (χ0) is 14.9. The van der Waals surface area contributed by atoms with Crippen molar-refractivity contribution >= 4 is 5.91 Å². The monoisotopic (exact) mass is 272 g/mol. The van der Waals surface area contributed by atoms with E-state index >= 15 is 0 Å². The quantitative estimate of drug-likeness (QED) is 0.570. The van der Waals surface area contributed by atoms with Gasteiger partial charge in [-0.05, 0) is 43.1 Å². The van der Waals surface area contributed by atoms with Gasteiger partial charge in [0.15, 0.2) is 0 Å². The van der Waals surface area contributed by atoms with Gasteiger partial charge in [-0.3, -0.25) is 4.79 Å². The molecule has 0 spiro atoms. The predicted molar refractivity (Wildman–Crippen MR) is 79.8 cm³/mol. The molecule has 0 bridgehead atoms. The van der Waals surface area contributed by atoms with Crippen molar-refractivity contribution in [2.75, 3.05) is 19.7 Å². The second-order valence-electron chi connectivity index (χ2n) is 6.97. The minimum atomic E-state index is 0.0468. The SMILES string of the molecule is CC(C)(CCN)CCC(=O)NCC(C)(C)CCCO. The van der Waals surface area contributed by atoms with Crippen LogP contribution in [0.1, 0.15) is 59.8 Å². The Kier molecular flexibility index (Phi) is 8.26. The van der Waals surface area contributed by atoms with E-state index in [1.807, 2.05) is 0 Å². The van der Waals surface area contributed by atoms with Crippen LogP contribution < -0.4 is 11.1 Å². The molecule has 4 heteroatoms. The molecule has 4 N–H and O–H groups in total. The smallest absolute Gasteiger partial charge is 0.220 e. The van der Waals surface area contributed by atoms with Crippen LogP contribution >= 0.6 is 0 Å². The Morgan fingerprint density at radius 3 is 2.26 bits per heavy atom. The molecular weight excluding hydrogens is 240 g/mol. The first kappa shape index (κ1) is 18.4. The number of hydrogen-bond donors (Lipinski definition) is 3. The van der Waals surface area contributed by atoms with Crippen LogP contribution in [0.5, 0.6) is 0 Å². The number of nitrogens with one attached hydrogen (secondary N) is 1. The molecule has 114 valence electrons. The van der Waals surface area contributed by atoms with Crippen LogP contribution in [0.25, 0.3) is 0 Å². The first-order valence-corrected chi connectivity index (χ1v) is 7.30. The fraction of sp³-hybridized carbons (Fsp3) is 0.933. The summed E-state index contributed by atoms with van der Waals surface area (Å²) in [5, 5.41) is 11.8. The molecule has 0 aromatic rings. The van der Waals surface area contributed by atoms with Crippen LogP contribution in [0.15, 0.2) is 0 Å². The van der Waals surface area contributed by atoms with Crippen molar-refractivity contribution in [1.29, 1.82) is 0 Å². The molecule has 0 radical (unpaired) electrons. The van der Waals surface area contributed by atoms with E-state index in [2.05, 4.69) is 33.0 Å². The third-order valence-electron chi connectivity index (χ3n) is 3.63. The topological polar surface area (TPSA) is 75.4 Å². The molecule has 0 saturated heterocycles. The van der Waals surface area contributed by atoms with Crippen molar-refractivity contribution in [3.8, 4) is 0 Å². The summed E-state index contributed by atoms with van der Waals surface area (Å²) in [6.07, 6.45) is 4.08. The highest BCUT2D eigenvalue weighted by molar-refractivity contribution is 5.75. The number of aliphatic hydroxyl groups is 1. The van der Waals surface area contributed by atoms with Gasteiger partial charge in [-0.25, -0.2) is 0 Å². The molecule has 4 nitrogen and oxygen atoms in total. The summed E-state index contributed by atoms with van der Waals surface area (Å²) in [6.45, 7) is 10.1. The van der Waals surface area contributed by atoms with Gasteiger partial charge < -0.3 is 16.2 Å². The Balaban J connectivity index is 3.93. The predicted octanol–water partition coefficient (Wildman–Crippen LogP) is 2.06. The van der Waals surface area contributed by atoms with Crippen LogP contribution in [0, 0.1) is 10.8 Å². The van der Waals surface area contributed by atoms with Gasteiger partial charge in [0.2, 0.25) is 5.91 Å². The van der Waals surface area contributed by atoms with Crippen LogP contribution in [0.2, 0.25) is 0 Å². The number of hydrogen-bond acceptors (Lipinski definition) is 3. The zero-order valence-electron chi connectivity index (χ0n) is 13.1. The maximum absolute atomic E-state index is 11.8. The molecule has 0 aromatic heterocycles. The normalized spacial score (nSPS) is 12.5. The van der Waals surface area contributed by atoms with Crippen molar-refractivity contribution < 1.29 is 9.90 Å². The van der Waals surface area contributed by atoms with Crippen LogP contribution in [-0.2, 0) is 4.79 Å². The fourth-order valence-electron chi connectivity index (χ4n) is 2.04. The summed E-state index contributed by atoms with van der Waals surface area (Å²) < 4.78 is 0. The molecule has 0 aliphatic rings. The lowest BCUT2D eigenvalue weighted by molar-refractivity contribution is -0.122. The minimum Gasteiger partial charge on any atom is -0.396 e. The molecule has 0 aliphatic heterocycles. The van der Waals surface area contributed by atoms with Gasteiger partial charge in [-0.2, -0.15) is 0 Å². The van der Waals surface area contributed by atoms with Gasteiger partial charge in [-0.15, -0.1) is 0 Å². The number of carbonyl (C=O) groups is 1. The molecule has 0 fully saturated rings. The lowest BCUT2D eigenvalue weighted by Gasteiger charge is -2.26. The summed E-state index contributed by atoms with van der Waals surface area (Å²) >= 11 is 0. The number of nitrogens with two attached hydrogens (primary N) is 1. The molecule has 0 unspecified atom stereocenters. The largest absolute Gasteiger partial charge is 0.396 e. The standard InChI is InChI=1S/C15H32N2O2/c1-14(2,9-10-16)8-6-13(19)17-12-15(3,4)7-5-11-18/h18H,5-12,16H2,1-4H3,(H,17,19). The lowest BCUT2D eigenvalue weighted by Crippen LogP contribution is -2.34.